The Morgan fingerprint density at radius 2 is 2.04 bits per heavy atom. The molecule has 0 fully saturated rings. The fourth-order valence-electron chi connectivity index (χ4n) is 2.73. The largest absolute Gasteiger partial charge is 0.319 e. The summed E-state index contributed by atoms with van der Waals surface area (Å²) >= 11 is 1.34. The van der Waals surface area contributed by atoms with Crippen LogP contribution in [0.5, 0.6) is 0 Å². The molecule has 0 spiro atoms. The topological polar surface area (TPSA) is 48.0 Å². The molecule has 0 atom stereocenters. The molecular formula is C16H13F2N5S. The molecule has 3 aromatic heterocycles. The lowest BCUT2D eigenvalue weighted by molar-refractivity contribution is 0.0678. The summed E-state index contributed by atoms with van der Waals surface area (Å²) < 4.78 is 28.6. The molecule has 0 radical (unpaired) electrons. The van der Waals surface area contributed by atoms with E-state index in [2.05, 4.69) is 15.2 Å². The van der Waals surface area contributed by atoms with Crippen LogP contribution in [-0.2, 0) is 5.75 Å². The van der Waals surface area contributed by atoms with Crippen molar-refractivity contribution in [1.29, 1.82) is 0 Å². The molecule has 0 aliphatic carbocycles. The number of benzene rings is 1. The maximum Gasteiger partial charge on any atom is 0.319 e. The van der Waals surface area contributed by atoms with Crippen LogP contribution in [0.2, 0.25) is 0 Å². The predicted molar refractivity (Wildman–Crippen MR) is 88.3 cm³/mol. The molecule has 0 N–H and O–H groups in total. The second-order valence-electron chi connectivity index (χ2n) is 5.34. The standard InChI is InChI=1S/C16H13F2N5S/c1-10-8-13-20-21-16(23(13)12-5-3-2-4-11(10)12)24-9-14-19-6-7-22(14)15(17)18/h2-8,15H,9H2,1H3. The Morgan fingerprint density at radius 3 is 2.88 bits per heavy atom. The second kappa shape index (κ2) is 5.86. The van der Waals surface area contributed by atoms with Crippen molar-refractivity contribution in [1.82, 2.24) is 24.1 Å². The fraction of sp³-hybridized carbons (Fsp3) is 0.188. The number of imidazole rings is 1. The number of thioether (sulfide) groups is 1. The van der Waals surface area contributed by atoms with E-state index in [4.69, 9.17) is 0 Å². The van der Waals surface area contributed by atoms with Gasteiger partial charge in [-0.25, -0.2) is 4.98 Å². The summed E-state index contributed by atoms with van der Waals surface area (Å²) in [6.07, 6.45) is 2.66. The van der Waals surface area contributed by atoms with E-state index in [-0.39, 0.29) is 0 Å². The lowest BCUT2D eigenvalue weighted by Gasteiger charge is -2.08. The van der Waals surface area contributed by atoms with Crippen LogP contribution in [0.3, 0.4) is 0 Å². The quantitative estimate of drug-likeness (QED) is 0.523. The molecule has 0 aliphatic rings. The summed E-state index contributed by atoms with van der Waals surface area (Å²) in [6, 6.07) is 9.96. The molecule has 3 heterocycles. The van der Waals surface area contributed by atoms with Crippen LogP contribution in [0.4, 0.5) is 8.78 Å². The Balaban J connectivity index is 1.75. The number of pyridine rings is 1. The number of fused-ring (bicyclic) bond motifs is 3. The molecule has 0 bridgehead atoms. The summed E-state index contributed by atoms with van der Waals surface area (Å²) in [7, 11) is 0. The fourth-order valence-corrected chi connectivity index (χ4v) is 3.63. The van der Waals surface area contributed by atoms with Crippen molar-refractivity contribution in [3.63, 3.8) is 0 Å². The normalized spacial score (nSPS) is 11.8. The first-order chi connectivity index (χ1) is 11.6. The van der Waals surface area contributed by atoms with E-state index < -0.39 is 6.55 Å². The predicted octanol–water partition coefficient (Wildman–Crippen LogP) is 4.07. The number of aromatic nitrogens is 5. The number of aryl methyl sites for hydroxylation is 1. The molecule has 4 aromatic rings. The Hall–Kier alpha value is -2.48. The third kappa shape index (κ3) is 2.43. The maximum absolute atomic E-state index is 12.9. The smallest absolute Gasteiger partial charge is 0.277 e. The summed E-state index contributed by atoms with van der Waals surface area (Å²) in [6.45, 7) is -0.565. The van der Waals surface area contributed by atoms with Gasteiger partial charge in [-0.1, -0.05) is 30.0 Å². The number of halogens is 2. The summed E-state index contributed by atoms with van der Waals surface area (Å²) in [4.78, 5) is 4.00. The Bertz CT molecular complexity index is 1020. The number of para-hydroxylation sites is 1. The van der Waals surface area contributed by atoms with E-state index in [1.807, 2.05) is 41.7 Å². The molecule has 0 saturated carbocycles. The Morgan fingerprint density at radius 1 is 1.21 bits per heavy atom. The highest BCUT2D eigenvalue weighted by atomic mass is 32.2. The van der Waals surface area contributed by atoms with Gasteiger partial charge in [0.2, 0.25) is 0 Å². The van der Waals surface area contributed by atoms with Gasteiger partial charge in [0.05, 0.1) is 11.3 Å². The van der Waals surface area contributed by atoms with E-state index in [9.17, 15) is 8.78 Å². The first-order valence-corrected chi connectivity index (χ1v) is 8.30. The van der Waals surface area contributed by atoms with Crippen LogP contribution in [0.1, 0.15) is 17.9 Å². The molecule has 122 valence electrons. The van der Waals surface area contributed by atoms with Crippen LogP contribution in [0.15, 0.2) is 47.9 Å². The average Bonchev–Trinajstić information content (AvgIpc) is 3.19. The van der Waals surface area contributed by atoms with Crippen LogP contribution in [0.25, 0.3) is 16.6 Å². The van der Waals surface area contributed by atoms with Crippen LogP contribution in [0, 0.1) is 6.92 Å². The molecule has 0 aliphatic heterocycles. The van der Waals surface area contributed by atoms with Crippen LogP contribution < -0.4 is 0 Å². The summed E-state index contributed by atoms with van der Waals surface area (Å²) in [5.74, 6) is 0.600. The van der Waals surface area contributed by atoms with Crippen molar-refractivity contribution in [2.75, 3.05) is 0 Å². The molecule has 4 rings (SSSR count). The van der Waals surface area contributed by atoms with Crippen molar-refractivity contribution in [2.45, 2.75) is 24.4 Å². The lowest BCUT2D eigenvalue weighted by Crippen LogP contribution is -2.02. The van der Waals surface area contributed by atoms with E-state index >= 15 is 0 Å². The van der Waals surface area contributed by atoms with E-state index in [1.54, 1.807) is 0 Å². The molecule has 8 heteroatoms. The molecule has 24 heavy (non-hydrogen) atoms. The van der Waals surface area contributed by atoms with Gasteiger partial charge in [-0.2, -0.15) is 8.78 Å². The van der Waals surface area contributed by atoms with Crippen molar-refractivity contribution in [3.8, 4) is 0 Å². The number of rotatable bonds is 4. The zero-order valence-corrected chi connectivity index (χ0v) is 13.5. The highest BCUT2D eigenvalue weighted by Gasteiger charge is 2.15. The maximum atomic E-state index is 12.9. The SMILES string of the molecule is Cc1cc2nnc(SCc3nccn3C(F)F)n2c2ccccc12. The number of nitrogens with zero attached hydrogens (tertiary/aromatic N) is 5. The van der Waals surface area contributed by atoms with Gasteiger partial charge in [0.25, 0.3) is 0 Å². The third-order valence-corrected chi connectivity index (χ3v) is 4.79. The van der Waals surface area contributed by atoms with Crippen LogP contribution >= 0.6 is 11.8 Å². The summed E-state index contributed by atoms with van der Waals surface area (Å²) in [5.41, 5.74) is 2.86. The zero-order chi connectivity index (χ0) is 16.7. The Labute approximate surface area is 140 Å². The lowest BCUT2D eigenvalue weighted by atomic mass is 10.1. The van der Waals surface area contributed by atoms with Gasteiger partial charge >= 0.3 is 6.55 Å². The first kappa shape index (κ1) is 15.1. The van der Waals surface area contributed by atoms with Crippen molar-refractivity contribution in [2.24, 2.45) is 0 Å². The van der Waals surface area contributed by atoms with Crippen molar-refractivity contribution < 1.29 is 8.78 Å². The van der Waals surface area contributed by atoms with Gasteiger partial charge in [-0.05, 0) is 24.6 Å². The number of alkyl halides is 2. The van der Waals surface area contributed by atoms with E-state index in [0.29, 0.717) is 16.7 Å². The molecule has 0 unspecified atom stereocenters. The van der Waals surface area contributed by atoms with Gasteiger partial charge in [-0.15, -0.1) is 10.2 Å². The molecule has 0 amide bonds. The number of hydrogen-bond donors (Lipinski definition) is 0. The zero-order valence-electron chi connectivity index (χ0n) is 12.7. The van der Waals surface area contributed by atoms with Gasteiger partial charge in [0, 0.05) is 17.8 Å². The van der Waals surface area contributed by atoms with E-state index in [0.717, 1.165) is 26.7 Å². The molecule has 5 nitrogen and oxygen atoms in total. The summed E-state index contributed by atoms with van der Waals surface area (Å²) in [5, 5.41) is 10.2. The minimum Gasteiger partial charge on any atom is -0.277 e. The van der Waals surface area contributed by atoms with Gasteiger partial charge < -0.3 is 0 Å². The molecule has 1 aromatic carbocycles. The highest BCUT2D eigenvalue weighted by molar-refractivity contribution is 7.98. The highest BCUT2D eigenvalue weighted by Crippen LogP contribution is 2.27. The molecular weight excluding hydrogens is 332 g/mol. The van der Waals surface area contributed by atoms with E-state index in [1.165, 1.54) is 24.2 Å². The first-order valence-electron chi connectivity index (χ1n) is 7.31. The van der Waals surface area contributed by atoms with Crippen molar-refractivity contribution in [3.05, 3.63) is 54.1 Å². The van der Waals surface area contributed by atoms with Gasteiger partial charge in [-0.3, -0.25) is 8.97 Å². The minimum absolute atomic E-state index is 0.292. The molecule has 0 saturated heterocycles. The third-order valence-electron chi connectivity index (χ3n) is 3.86. The minimum atomic E-state index is -2.60. The van der Waals surface area contributed by atoms with Gasteiger partial charge in [0.1, 0.15) is 5.82 Å². The van der Waals surface area contributed by atoms with Gasteiger partial charge in [0.15, 0.2) is 10.8 Å². The monoisotopic (exact) mass is 345 g/mol. The van der Waals surface area contributed by atoms with Crippen molar-refractivity contribution >= 4 is 28.3 Å². The Kier molecular flexibility index (Phi) is 3.68. The van der Waals surface area contributed by atoms with Crippen LogP contribution in [-0.4, -0.2) is 24.1 Å². The average molecular weight is 345 g/mol. The number of hydrogen-bond acceptors (Lipinski definition) is 4. The second-order valence-corrected chi connectivity index (χ2v) is 6.28.